The van der Waals surface area contributed by atoms with E-state index in [1.54, 1.807) is 48.5 Å². The van der Waals surface area contributed by atoms with Gasteiger partial charge in [-0.1, -0.05) is 60.7 Å². The summed E-state index contributed by atoms with van der Waals surface area (Å²) in [6.07, 6.45) is 0.694. The van der Waals surface area contributed by atoms with E-state index >= 15 is 0 Å². The molecule has 4 amide bonds. The van der Waals surface area contributed by atoms with E-state index in [1.807, 2.05) is 12.1 Å². The fraction of sp³-hybridized carbons (Fsp3) is 0.370. The van der Waals surface area contributed by atoms with Crippen LogP contribution >= 0.6 is 0 Å². The Labute approximate surface area is 220 Å². The number of hydrogen-bond acceptors (Lipinski definition) is 6. The highest BCUT2D eigenvalue weighted by molar-refractivity contribution is 5.95. The van der Waals surface area contributed by atoms with Gasteiger partial charge in [-0.2, -0.15) is 0 Å². The maximum atomic E-state index is 13.5. The van der Waals surface area contributed by atoms with Gasteiger partial charge in [0.25, 0.3) is 0 Å². The van der Waals surface area contributed by atoms with Gasteiger partial charge in [0.15, 0.2) is 0 Å². The molecule has 38 heavy (non-hydrogen) atoms. The number of benzene rings is 2. The highest BCUT2D eigenvalue weighted by Gasteiger charge is 2.38. The van der Waals surface area contributed by atoms with E-state index in [9.17, 15) is 29.1 Å². The van der Waals surface area contributed by atoms with Crippen molar-refractivity contribution >= 4 is 29.6 Å². The first-order valence-corrected chi connectivity index (χ1v) is 12.4. The zero-order valence-corrected chi connectivity index (χ0v) is 20.9. The number of carbonyl (C=O) groups is 5. The zero-order valence-electron chi connectivity index (χ0n) is 20.9. The van der Waals surface area contributed by atoms with Crippen molar-refractivity contribution in [3.63, 3.8) is 0 Å². The van der Waals surface area contributed by atoms with Crippen LogP contribution in [0.1, 0.15) is 30.4 Å². The predicted octanol–water partition coefficient (Wildman–Crippen LogP) is -0.280. The molecule has 0 saturated carbocycles. The summed E-state index contributed by atoms with van der Waals surface area (Å²) in [5, 5.41) is 14.9. The lowest BCUT2D eigenvalue weighted by Gasteiger charge is -2.29. The van der Waals surface area contributed by atoms with Crippen LogP contribution in [0, 0.1) is 0 Å². The van der Waals surface area contributed by atoms with E-state index < -0.39 is 60.2 Å². The van der Waals surface area contributed by atoms with Gasteiger partial charge in [0.2, 0.25) is 23.6 Å². The van der Waals surface area contributed by atoms with E-state index in [0.717, 1.165) is 11.1 Å². The number of carboxylic acids is 1. The molecule has 0 aromatic heterocycles. The third kappa shape index (κ3) is 7.87. The molecule has 0 spiro atoms. The maximum Gasteiger partial charge on any atom is 0.326 e. The van der Waals surface area contributed by atoms with Gasteiger partial charge in [-0.05, 0) is 24.0 Å². The first kappa shape index (κ1) is 28.3. The molecule has 1 aliphatic rings. The minimum Gasteiger partial charge on any atom is -0.480 e. The summed E-state index contributed by atoms with van der Waals surface area (Å²) >= 11 is 0. The second-order valence-electron chi connectivity index (χ2n) is 9.31. The van der Waals surface area contributed by atoms with Crippen LogP contribution in [-0.2, 0) is 36.8 Å². The number of nitrogens with two attached hydrogens (primary N) is 2. The van der Waals surface area contributed by atoms with Crippen molar-refractivity contribution < 1.29 is 29.1 Å². The molecule has 0 radical (unpaired) electrons. The van der Waals surface area contributed by atoms with Gasteiger partial charge in [0.1, 0.15) is 18.1 Å². The third-order valence-corrected chi connectivity index (χ3v) is 6.39. The molecule has 2 aromatic rings. The second-order valence-corrected chi connectivity index (χ2v) is 9.31. The van der Waals surface area contributed by atoms with Gasteiger partial charge >= 0.3 is 5.97 Å². The Hall–Kier alpha value is -4.25. The molecule has 11 heteroatoms. The molecule has 2 aromatic carbocycles. The number of aliphatic carboxylic acids is 1. The van der Waals surface area contributed by atoms with Crippen LogP contribution in [0.2, 0.25) is 0 Å². The molecule has 1 heterocycles. The topological polar surface area (TPSA) is 185 Å². The molecule has 3 rings (SSSR count). The average Bonchev–Trinajstić information content (AvgIpc) is 3.39. The molecule has 1 aliphatic heterocycles. The van der Waals surface area contributed by atoms with Gasteiger partial charge in [-0.25, -0.2) is 4.79 Å². The summed E-state index contributed by atoms with van der Waals surface area (Å²) < 4.78 is 0. The van der Waals surface area contributed by atoms with Crippen LogP contribution in [0.5, 0.6) is 0 Å². The largest absolute Gasteiger partial charge is 0.480 e. The number of primary amides is 1. The van der Waals surface area contributed by atoms with Crippen LogP contribution < -0.4 is 22.1 Å². The van der Waals surface area contributed by atoms with Crippen molar-refractivity contribution in [1.82, 2.24) is 15.5 Å². The van der Waals surface area contributed by atoms with Crippen LogP contribution in [0.4, 0.5) is 0 Å². The van der Waals surface area contributed by atoms with E-state index in [4.69, 9.17) is 11.5 Å². The Kier molecular flexibility index (Phi) is 9.94. The number of carbonyl (C=O) groups excluding carboxylic acids is 4. The predicted molar refractivity (Wildman–Crippen MR) is 138 cm³/mol. The van der Waals surface area contributed by atoms with Gasteiger partial charge in [-0.15, -0.1) is 0 Å². The lowest BCUT2D eigenvalue weighted by Crippen LogP contribution is -2.58. The summed E-state index contributed by atoms with van der Waals surface area (Å²) in [7, 11) is 0. The summed E-state index contributed by atoms with van der Waals surface area (Å²) in [6, 6.07) is 13.6. The van der Waals surface area contributed by atoms with E-state index in [-0.39, 0.29) is 19.4 Å². The van der Waals surface area contributed by atoms with Crippen LogP contribution in [0.3, 0.4) is 0 Å². The monoisotopic (exact) mass is 523 g/mol. The normalized spacial score (nSPS) is 17.2. The summed E-state index contributed by atoms with van der Waals surface area (Å²) in [5.41, 5.74) is 12.4. The minimum atomic E-state index is -1.25. The molecule has 0 bridgehead atoms. The number of carboxylic acid groups (broad SMARTS) is 1. The lowest BCUT2D eigenvalue weighted by atomic mass is 10.0. The SMILES string of the molecule is NC(=O)C[C@H](N)C(=O)N[C@@H](Cc1ccccc1)C(=O)N[C@@H](Cc1ccccc1)C(=O)N1CCC[C@@H]1C(=O)O. The summed E-state index contributed by atoms with van der Waals surface area (Å²) in [5.74, 6) is -3.76. The standard InChI is InChI=1S/C27H33N5O6/c28-19(16-23(29)33)24(34)30-20(14-17-8-3-1-4-9-17)25(35)31-21(15-18-10-5-2-6-11-18)26(36)32-13-7-12-22(32)27(37)38/h1-6,8-11,19-22H,7,12-16,28H2,(H2,29,33)(H,30,34)(H,31,35)(H,37,38)/t19-,20-,21-,22+/m0/s1. The minimum absolute atomic E-state index is 0.0927. The second kappa shape index (κ2) is 13.3. The molecule has 4 atom stereocenters. The highest BCUT2D eigenvalue weighted by Crippen LogP contribution is 2.20. The van der Waals surface area contributed by atoms with Crippen molar-refractivity contribution in [3.05, 3.63) is 71.8 Å². The number of nitrogens with zero attached hydrogens (tertiary/aromatic N) is 1. The van der Waals surface area contributed by atoms with Crippen molar-refractivity contribution in [2.75, 3.05) is 6.54 Å². The quantitative estimate of drug-likeness (QED) is 0.253. The van der Waals surface area contributed by atoms with Crippen molar-refractivity contribution in [1.29, 1.82) is 0 Å². The molecular weight excluding hydrogens is 490 g/mol. The number of hydrogen-bond donors (Lipinski definition) is 5. The molecule has 11 nitrogen and oxygen atoms in total. The molecule has 0 aliphatic carbocycles. The molecule has 1 saturated heterocycles. The van der Waals surface area contributed by atoms with Gasteiger partial charge in [0.05, 0.1) is 12.5 Å². The Morgan fingerprint density at radius 1 is 0.868 bits per heavy atom. The smallest absolute Gasteiger partial charge is 0.326 e. The maximum absolute atomic E-state index is 13.5. The Morgan fingerprint density at radius 3 is 1.92 bits per heavy atom. The summed E-state index contributed by atoms with van der Waals surface area (Å²) in [4.78, 5) is 63.9. The third-order valence-electron chi connectivity index (χ3n) is 6.39. The lowest BCUT2D eigenvalue weighted by molar-refractivity contribution is -0.149. The number of likely N-dealkylation sites (tertiary alicyclic amines) is 1. The number of amides is 4. The summed E-state index contributed by atoms with van der Waals surface area (Å²) in [6.45, 7) is 0.267. The number of rotatable bonds is 12. The van der Waals surface area contributed by atoms with Crippen molar-refractivity contribution in [3.8, 4) is 0 Å². The molecule has 0 unspecified atom stereocenters. The van der Waals surface area contributed by atoms with Crippen LogP contribution in [0.25, 0.3) is 0 Å². The van der Waals surface area contributed by atoms with E-state index in [0.29, 0.717) is 12.8 Å². The van der Waals surface area contributed by atoms with E-state index in [2.05, 4.69) is 10.6 Å². The van der Waals surface area contributed by atoms with Gasteiger partial charge < -0.3 is 32.1 Å². The van der Waals surface area contributed by atoms with E-state index in [1.165, 1.54) is 4.90 Å². The fourth-order valence-electron chi connectivity index (χ4n) is 4.46. The van der Waals surface area contributed by atoms with Crippen molar-refractivity contribution in [2.24, 2.45) is 11.5 Å². The first-order chi connectivity index (χ1) is 18.2. The van der Waals surface area contributed by atoms with Gasteiger partial charge in [-0.3, -0.25) is 19.2 Å². The van der Waals surface area contributed by atoms with Crippen LogP contribution in [0.15, 0.2) is 60.7 Å². The average molecular weight is 524 g/mol. The van der Waals surface area contributed by atoms with Crippen molar-refractivity contribution in [2.45, 2.75) is 56.3 Å². The Bertz CT molecular complexity index is 1140. The molecule has 202 valence electrons. The zero-order chi connectivity index (χ0) is 27.7. The molecular formula is C27H33N5O6. The molecule has 7 N–H and O–H groups in total. The molecule has 1 fully saturated rings. The fourth-order valence-corrected chi connectivity index (χ4v) is 4.46. The highest BCUT2D eigenvalue weighted by atomic mass is 16.4. The Morgan fingerprint density at radius 2 is 1.39 bits per heavy atom. The first-order valence-electron chi connectivity index (χ1n) is 12.4. The van der Waals surface area contributed by atoms with Crippen LogP contribution in [-0.4, -0.2) is 70.3 Å². The Balaban J connectivity index is 1.85. The number of nitrogens with one attached hydrogen (secondary N) is 2. The van der Waals surface area contributed by atoms with Gasteiger partial charge in [0, 0.05) is 19.4 Å².